The molecule has 0 aliphatic carbocycles. The molecular weight excluding hydrogens is 402 g/mol. The highest BCUT2D eigenvalue weighted by molar-refractivity contribution is 5.89. The fraction of sp³-hybridized carbons (Fsp3) is 0.0800. The molecule has 1 N–H and O–H groups in total. The Kier molecular flexibility index (Phi) is 4.42. The Hall–Kier alpha value is -4.39. The van der Waals surface area contributed by atoms with Crippen LogP contribution >= 0.6 is 0 Å². The van der Waals surface area contributed by atoms with E-state index in [2.05, 4.69) is 45.6 Å². The van der Waals surface area contributed by atoms with Crippen molar-refractivity contribution in [3.05, 3.63) is 91.1 Å². The Morgan fingerprint density at radius 2 is 1.84 bits per heavy atom. The third-order valence-corrected chi connectivity index (χ3v) is 5.47. The molecular formula is C25H19N5O2. The number of rotatable bonds is 5. The summed E-state index contributed by atoms with van der Waals surface area (Å²) in [4.78, 5) is 13.5. The zero-order valence-corrected chi connectivity index (χ0v) is 17.1. The second-order valence-corrected chi connectivity index (χ2v) is 7.51. The zero-order chi connectivity index (χ0) is 21.3. The molecule has 32 heavy (non-hydrogen) atoms. The van der Waals surface area contributed by atoms with Gasteiger partial charge in [-0.1, -0.05) is 42.5 Å². The van der Waals surface area contributed by atoms with E-state index in [9.17, 15) is 0 Å². The summed E-state index contributed by atoms with van der Waals surface area (Å²) in [6.45, 7) is 0.843. The average Bonchev–Trinajstić information content (AvgIpc) is 3.54. The predicted octanol–water partition coefficient (Wildman–Crippen LogP) is 4.82. The maximum atomic E-state index is 5.51. The number of nitrogens with one attached hydrogen (secondary N) is 1. The van der Waals surface area contributed by atoms with E-state index in [0.29, 0.717) is 12.5 Å². The van der Waals surface area contributed by atoms with Crippen molar-refractivity contribution in [2.45, 2.75) is 6.54 Å². The van der Waals surface area contributed by atoms with Gasteiger partial charge in [0.15, 0.2) is 11.5 Å². The van der Waals surface area contributed by atoms with Crippen molar-refractivity contribution in [1.82, 2.24) is 19.5 Å². The van der Waals surface area contributed by atoms with E-state index in [1.165, 1.54) is 10.8 Å². The van der Waals surface area contributed by atoms with Crippen LogP contribution in [0.2, 0.25) is 0 Å². The first-order valence-electron chi connectivity index (χ1n) is 10.3. The standard InChI is InChI=1S/C25H19N5O2/c1-2-4-19-12-20(7-6-18(19)3-1)21-14-28-25(30-10-9-26-15-30)29-24(21)27-13-17-5-8-22-23(11-17)32-16-31-22/h1-12,14-15H,13,16H2,(H,27,28,29). The van der Waals surface area contributed by atoms with E-state index in [-0.39, 0.29) is 6.79 Å². The third-order valence-electron chi connectivity index (χ3n) is 5.47. The molecule has 3 heterocycles. The molecule has 0 saturated carbocycles. The Morgan fingerprint density at radius 3 is 2.75 bits per heavy atom. The van der Waals surface area contributed by atoms with E-state index in [0.717, 1.165) is 34.0 Å². The molecule has 0 spiro atoms. The fourth-order valence-electron chi connectivity index (χ4n) is 3.81. The Morgan fingerprint density at radius 1 is 0.938 bits per heavy atom. The molecule has 1 aliphatic heterocycles. The van der Waals surface area contributed by atoms with E-state index in [4.69, 9.17) is 14.5 Å². The van der Waals surface area contributed by atoms with Crippen LogP contribution in [0.25, 0.3) is 27.8 Å². The third kappa shape index (κ3) is 3.39. The van der Waals surface area contributed by atoms with Crippen LogP contribution in [0, 0.1) is 0 Å². The number of hydrogen-bond acceptors (Lipinski definition) is 6. The molecule has 0 saturated heterocycles. The molecule has 0 fully saturated rings. The molecule has 7 nitrogen and oxygen atoms in total. The Bertz CT molecular complexity index is 1420. The molecule has 0 atom stereocenters. The smallest absolute Gasteiger partial charge is 0.236 e. The summed E-state index contributed by atoms with van der Waals surface area (Å²) in [5.74, 6) is 2.84. The van der Waals surface area contributed by atoms with Crippen molar-refractivity contribution in [2.75, 3.05) is 12.1 Å². The SMILES string of the molecule is c1ccc2cc(-c3cnc(-n4ccnc4)nc3NCc3ccc4c(c3)OCO4)ccc2c1. The van der Waals surface area contributed by atoms with E-state index < -0.39 is 0 Å². The van der Waals surface area contributed by atoms with Crippen LogP contribution in [0.3, 0.4) is 0 Å². The Balaban J connectivity index is 1.38. The van der Waals surface area contributed by atoms with Crippen molar-refractivity contribution in [3.63, 3.8) is 0 Å². The van der Waals surface area contributed by atoms with Crippen LogP contribution in [-0.4, -0.2) is 26.3 Å². The van der Waals surface area contributed by atoms with Gasteiger partial charge >= 0.3 is 0 Å². The van der Waals surface area contributed by atoms with Crippen LogP contribution in [0.5, 0.6) is 11.5 Å². The lowest BCUT2D eigenvalue weighted by Crippen LogP contribution is -2.07. The lowest BCUT2D eigenvalue weighted by molar-refractivity contribution is 0.174. The summed E-state index contributed by atoms with van der Waals surface area (Å²) in [5, 5.41) is 5.86. The number of imidazole rings is 1. The Labute approximate surface area is 184 Å². The van der Waals surface area contributed by atoms with Crippen molar-refractivity contribution in [1.29, 1.82) is 0 Å². The van der Waals surface area contributed by atoms with Crippen LogP contribution < -0.4 is 14.8 Å². The largest absolute Gasteiger partial charge is 0.454 e. The molecule has 5 aromatic rings. The zero-order valence-electron chi connectivity index (χ0n) is 17.1. The highest BCUT2D eigenvalue weighted by Gasteiger charge is 2.15. The average molecular weight is 421 g/mol. The van der Waals surface area contributed by atoms with E-state index >= 15 is 0 Å². The second kappa shape index (κ2) is 7.70. The molecule has 0 amide bonds. The van der Waals surface area contributed by atoms with Crippen LogP contribution in [0.4, 0.5) is 5.82 Å². The summed E-state index contributed by atoms with van der Waals surface area (Å²) >= 11 is 0. The normalized spacial score (nSPS) is 12.2. The van der Waals surface area contributed by atoms with Gasteiger partial charge in [-0.15, -0.1) is 0 Å². The van der Waals surface area contributed by atoms with Crippen molar-refractivity contribution >= 4 is 16.6 Å². The number of benzene rings is 3. The number of nitrogens with zero attached hydrogens (tertiary/aromatic N) is 4. The van der Waals surface area contributed by atoms with Gasteiger partial charge in [-0.2, -0.15) is 4.98 Å². The van der Waals surface area contributed by atoms with Gasteiger partial charge in [0.05, 0.1) is 0 Å². The van der Waals surface area contributed by atoms with Gasteiger partial charge in [-0.05, 0) is 40.1 Å². The molecule has 3 aromatic carbocycles. The first kappa shape index (κ1) is 18.4. The molecule has 2 aromatic heterocycles. The maximum absolute atomic E-state index is 5.51. The quantitative estimate of drug-likeness (QED) is 0.438. The summed E-state index contributed by atoms with van der Waals surface area (Å²) in [6, 6.07) is 20.6. The van der Waals surface area contributed by atoms with Crippen molar-refractivity contribution in [3.8, 4) is 28.6 Å². The van der Waals surface area contributed by atoms with Crippen LogP contribution in [0.15, 0.2) is 85.6 Å². The van der Waals surface area contributed by atoms with Gasteiger partial charge in [0.2, 0.25) is 12.7 Å². The topological polar surface area (TPSA) is 74.1 Å². The highest BCUT2D eigenvalue weighted by atomic mass is 16.7. The minimum atomic E-state index is 0.262. The number of anilines is 1. The molecule has 6 rings (SSSR count). The minimum absolute atomic E-state index is 0.262. The molecule has 156 valence electrons. The van der Waals surface area contributed by atoms with Gasteiger partial charge in [-0.3, -0.25) is 4.57 Å². The lowest BCUT2D eigenvalue weighted by atomic mass is 10.0. The van der Waals surface area contributed by atoms with Crippen molar-refractivity contribution < 1.29 is 9.47 Å². The second-order valence-electron chi connectivity index (χ2n) is 7.51. The fourth-order valence-corrected chi connectivity index (χ4v) is 3.81. The summed E-state index contributed by atoms with van der Waals surface area (Å²) in [7, 11) is 0. The number of hydrogen-bond donors (Lipinski definition) is 1. The number of aromatic nitrogens is 4. The van der Waals surface area contributed by atoms with Gasteiger partial charge < -0.3 is 14.8 Å². The molecule has 1 aliphatic rings. The van der Waals surface area contributed by atoms with Crippen LogP contribution in [-0.2, 0) is 6.54 Å². The lowest BCUT2D eigenvalue weighted by Gasteiger charge is -2.14. The van der Waals surface area contributed by atoms with Gasteiger partial charge in [0, 0.05) is 30.7 Å². The monoisotopic (exact) mass is 421 g/mol. The van der Waals surface area contributed by atoms with E-state index in [1.807, 2.05) is 42.7 Å². The summed E-state index contributed by atoms with van der Waals surface area (Å²) in [6.07, 6.45) is 7.08. The van der Waals surface area contributed by atoms with E-state index in [1.54, 1.807) is 17.1 Å². The van der Waals surface area contributed by atoms with Gasteiger partial charge in [0.1, 0.15) is 12.1 Å². The molecule has 0 bridgehead atoms. The predicted molar refractivity (Wildman–Crippen MR) is 122 cm³/mol. The molecule has 0 radical (unpaired) electrons. The number of ether oxygens (including phenoxy) is 2. The van der Waals surface area contributed by atoms with Crippen LogP contribution in [0.1, 0.15) is 5.56 Å². The maximum Gasteiger partial charge on any atom is 0.236 e. The number of fused-ring (bicyclic) bond motifs is 2. The van der Waals surface area contributed by atoms with Crippen molar-refractivity contribution in [2.24, 2.45) is 0 Å². The summed E-state index contributed by atoms with van der Waals surface area (Å²) in [5.41, 5.74) is 3.05. The highest BCUT2D eigenvalue weighted by Crippen LogP contribution is 2.33. The van der Waals surface area contributed by atoms with Gasteiger partial charge in [-0.25, -0.2) is 9.97 Å². The molecule has 0 unspecified atom stereocenters. The first-order chi connectivity index (χ1) is 15.8. The minimum Gasteiger partial charge on any atom is -0.454 e. The van der Waals surface area contributed by atoms with Gasteiger partial charge in [0.25, 0.3) is 0 Å². The summed E-state index contributed by atoms with van der Waals surface area (Å²) < 4.78 is 12.7. The molecule has 7 heteroatoms. The first-order valence-corrected chi connectivity index (χ1v) is 10.3.